The van der Waals surface area contributed by atoms with Crippen LogP contribution in [-0.2, 0) is 4.79 Å². The van der Waals surface area contributed by atoms with Crippen molar-refractivity contribution in [3.8, 4) is 0 Å². The van der Waals surface area contributed by atoms with E-state index in [-0.39, 0.29) is 11.8 Å². The zero-order valence-electron chi connectivity index (χ0n) is 15.6. The van der Waals surface area contributed by atoms with E-state index in [1.807, 2.05) is 29.2 Å². The Kier molecular flexibility index (Phi) is 6.62. The van der Waals surface area contributed by atoms with Crippen LogP contribution in [-0.4, -0.2) is 48.4 Å². The van der Waals surface area contributed by atoms with E-state index in [0.29, 0.717) is 6.42 Å². The first-order valence-electron chi connectivity index (χ1n) is 9.49. The molecule has 1 saturated heterocycles. The highest BCUT2D eigenvalue weighted by molar-refractivity contribution is 5.77. The highest BCUT2D eigenvalue weighted by Gasteiger charge is 2.22. The number of carbonyl (C=O) groups excluding carboxylic acids is 1. The lowest BCUT2D eigenvalue weighted by atomic mass is 9.97. The summed E-state index contributed by atoms with van der Waals surface area (Å²) in [5.74, 6) is 0.552. The fourth-order valence-electron chi connectivity index (χ4n) is 3.37. The minimum atomic E-state index is 0.274. The molecule has 26 heavy (non-hydrogen) atoms. The fourth-order valence-corrected chi connectivity index (χ4v) is 3.37. The maximum Gasteiger partial charge on any atom is 0.223 e. The monoisotopic (exact) mass is 348 g/mol. The Balaban J connectivity index is 1.41. The van der Waals surface area contributed by atoms with Gasteiger partial charge in [0.15, 0.2) is 0 Å². The van der Waals surface area contributed by atoms with E-state index in [4.69, 9.17) is 0 Å². The normalized spacial score (nSPS) is 16.7. The van der Waals surface area contributed by atoms with Crippen LogP contribution in [0.2, 0.25) is 0 Å². The predicted octanol–water partition coefficient (Wildman–Crippen LogP) is 4.04. The van der Waals surface area contributed by atoms with Gasteiger partial charge in [0, 0.05) is 39.1 Å². The maximum absolute atomic E-state index is 12.6. The van der Waals surface area contributed by atoms with Crippen LogP contribution in [0.1, 0.15) is 30.4 Å². The largest absolute Gasteiger partial charge is 0.340 e. The van der Waals surface area contributed by atoms with Gasteiger partial charge >= 0.3 is 0 Å². The lowest BCUT2D eigenvalue weighted by Gasteiger charge is -2.34. The second kappa shape index (κ2) is 9.35. The third-order valence-electron chi connectivity index (χ3n) is 5.05. The molecule has 1 aliphatic heterocycles. The van der Waals surface area contributed by atoms with Crippen LogP contribution < -0.4 is 0 Å². The molecule has 0 radical (unpaired) electrons. The molecule has 3 rings (SSSR count). The first-order chi connectivity index (χ1) is 12.7. The Morgan fingerprint density at radius 2 is 1.58 bits per heavy atom. The van der Waals surface area contributed by atoms with Gasteiger partial charge in [-0.2, -0.15) is 0 Å². The van der Waals surface area contributed by atoms with Gasteiger partial charge in [-0.05, 0) is 17.0 Å². The molecule has 0 bridgehead atoms. The van der Waals surface area contributed by atoms with Gasteiger partial charge in [-0.15, -0.1) is 0 Å². The second-order valence-electron chi connectivity index (χ2n) is 7.01. The number of hydrogen-bond donors (Lipinski definition) is 0. The summed E-state index contributed by atoms with van der Waals surface area (Å²) >= 11 is 0. The van der Waals surface area contributed by atoms with Gasteiger partial charge in [0.05, 0.1) is 0 Å². The maximum atomic E-state index is 12.6. The summed E-state index contributed by atoms with van der Waals surface area (Å²) < 4.78 is 0. The number of carbonyl (C=O) groups is 1. The average molecular weight is 348 g/mol. The van der Waals surface area contributed by atoms with Crippen LogP contribution in [0.4, 0.5) is 0 Å². The molecule has 0 N–H and O–H groups in total. The fraction of sp³-hybridized carbons (Fsp3) is 0.348. The van der Waals surface area contributed by atoms with Gasteiger partial charge in [-0.25, -0.2) is 0 Å². The first kappa shape index (κ1) is 18.4. The van der Waals surface area contributed by atoms with Gasteiger partial charge < -0.3 is 4.90 Å². The van der Waals surface area contributed by atoms with Crippen molar-refractivity contribution in [2.24, 2.45) is 0 Å². The van der Waals surface area contributed by atoms with Crippen molar-refractivity contribution < 1.29 is 4.79 Å². The van der Waals surface area contributed by atoms with Crippen molar-refractivity contribution in [1.82, 2.24) is 9.80 Å². The SMILES string of the molecule is CC(CC(=O)N1CCN(C/C=C/c2ccccc2)CC1)c1ccccc1. The van der Waals surface area contributed by atoms with Crippen LogP contribution in [0.3, 0.4) is 0 Å². The molecule has 2 aromatic carbocycles. The first-order valence-corrected chi connectivity index (χ1v) is 9.49. The quantitative estimate of drug-likeness (QED) is 0.787. The van der Waals surface area contributed by atoms with E-state index in [9.17, 15) is 4.79 Å². The van der Waals surface area contributed by atoms with Crippen molar-refractivity contribution in [2.75, 3.05) is 32.7 Å². The van der Waals surface area contributed by atoms with Crippen molar-refractivity contribution in [1.29, 1.82) is 0 Å². The molecule has 1 fully saturated rings. The zero-order valence-corrected chi connectivity index (χ0v) is 15.6. The van der Waals surface area contributed by atoms with E-state index in [1.54, 1.807) is 0 Å². The number of nitrogens with zero attached hydrogens (tertiary/aromatic N) is 2. The predicted molar refractivity (Wildman–Crippen MR) is 108 cm³/mol. The highest BCUT2D eigenvalue weighted by atomic mass is 16.2. The number of piperazine rings is 1. The van der Waals surface area contributed by atoms with E-state index in [2.05, 4.69) is 60.4 Å². The number of hydrogen-bond acceptors (Lipinski definition) is 2. The summed E-state index contributed by atoms with van der Waals surface area (Å²) in [6.07, 6.45) is 4.97. The van der Waals surface area contributed by atoms with Gasteiger partial charge in [-0.3, -0.25) is 9.69 Å². The van der Waals surface area contributed by atoms with E-state index >= 15 is 0 Å². The molecule has 1 unspecified atom stereocenters. The molecular formula is C23H28N2O. The van der Waals surface area contributed by atoms with E-state index in [0.717, 1.165) is 32.7 Å². The molecule has 1 atom stereocenters. The summed E-state index contributed by atoms with van der Waals surface area (Å²) in [5, 5.41) is 0. The van der Waals surface area contributed by atoms with Gasteiger partial charge in [0.2, 0.25) is 5.91 Å². The molecular weight excluding hydrogens is 320 g/mol. The molecule has 1 aliphatic rings. The highest BCUT2D eigenvalue weighted by Crippen LogP contribution is 2.20. The van der Waals surface area contributed by atoms with Crippen LogP contribution >= 0.6 is 0 Å². The number of benzene rings is 2. The van der Waals surface area contributed by atoms with Crippen LogP contribution in [0.5, 0.6) is 0 Å². The third-order valence-corrected chi connectivity index (χ3v) is 5.05. The molecule has 3 heteroatoms. The summed E-state index contributed by atoms with van der Waals surface area (Å²) in [4.78, 5) is 17.0. The minimum absolute atomic E-state index is 0.274. The van der Waals surface area contributed by atoms with Gasteiger partial charge in [-0.1, -0.05) is 79.7 Å². The van der Waals surface area contributed by atoms with Gasteiger partial charge in [0.25, 0.3) is 0 Å². The summed E-state index contributed by atoms with van der Waals surface area (Å²) in [7, 11) is 0. The van der Waals surface area contributed by atoms with E-state index < -0.39 is 0 Å². The molecule has 1 heterocycles. The Bertz CT molecular complexity index is 704. The zero-order chi connectivity index (χ0) is 18.2. The number of amides is 1. The Labute approximate surface area is 156 Å². The Hall–Kier alpha value is -2.39. The average Bonchev–Trinajstić information content (AvgIpc) is 2.70. The molecule has 0 spiro atoms. The summed E-state index contributed by atoms with van der Waals surface area (Å²) in [6, 6.07) is 20.7. The molecule has 136 valence electrons. The summed E-state index contributed by atoms with van der Waals surface area (Å²) in [6.45, 7) is 6.64. The Morgan fingerprint density at radius 1 is 0.962 bits per heavy atom. The molecule has 0 saturated carbocycles. The van der Waals surface area contributed by atoms with Crippen molar-refractivity contribution in [2.45, 2.75) is 19.3 Å². The Morgan fingerprint density at radius 3 is 2.23 bits per heavy atom. The van der Waals surface area contributed by atoms with Crippen molar-refractivity contribution in [3.05, 3.63) is 77.9 Å². The minimum Gasteiger partial charge on any atom is -0.340 e. The van der Waals surface area contributed by atoms with Crippen LogP contribution in [0, 0.1) is 0 Å². The van der Waals surface area contributed by atoms with Crippen molar-refractivity contribution >= 4 is 12.0 Å². The molecule has 2 aromatic rings. The molecule has 0 aromatic heterocycles. The van der Waals surface area contributed by atoms with Crippen LogP contribution in [0.25, 0.3) is 6.08 Å². The lowest BCUT2D eigenvalue weighted by molar-refractivity contribution is -0.133. The molecule has 0 aliphatic carbocycles. The van der Waals surface area contributed by atoms with Crippen molar-refractivity contribution in [3.63, 3.8) is 0 Å². The number of rotatable bonds is 6. The standard InChI is InChI=1S/C23H28N2O/c1-20(22-12-6-3-7-13-22)19-23(26)25-17-15-24(16-18-25)14-8-11-21-9-4-2-5-10-21/h2-13,20H,14-19H2,1H3/b11-8+. The third kappa shape index (κ3) is 5.30. The summed E-state index contributed by atoms with van der Waals surface area (Å²) in [5.41, 5.74) is 2.47. The molecule has 1 amide bonds. The smallest absolute Gasteiger partial charge is 0.223 e. The molecule has 3 nitrogen and oxygen atoms in total. The topological polar surface area (TPSA) is 23.6 Å². The van der Waals surface area contributed by atoms with Gasteiger partial charge in [0.1, 0.15) is 0 Å². The second-order valence-corrected chi connectivity index (χ2v) is 7.01. The lowest BCUT2D eigenvalue weighted by Crippen LogP contribution is -2.48. The van der Waals surface area contributed by atoms with Crippen LogP contribution in [0.15, 0.2) is 66.7 Å². The van der Waals surface area contributed by atoms with E-state index in [1.165, 1.54) is 11.1 Å².